The Morgan fingerprint density at radius 3 is 1.20 bits per heavy atom. The van der Waals surface area contributed by atoms with Gasteiger partial charge in [0.25, 0.3) is 7.82 Å². The number of aliphatic hydroxyl groups is 1. The number of nitrogens with zero attached hydrogens (tertiary/aromatic N) is 1. The zero-order chi connectivity index (χ0) is 54.2. The number of unbranched alkanes of at least 4 members (excludes halogenated alkanes) is 32. The van der Waals surface area contributed by atoms with E-state index in [1.54, 1.807) is 0 Å². The molecule has 0 rings (SSSR count). The number of phosphoric acid groups is 1. The monoisotopic (exact) mass is 1060 g/mol. The van der Waals surface area contributed by atoms with E-state index in [9.17, 15) is 19.4 Å². The topological polar surface area (TPSA) is 108 Å². The van der Waals surface area contributed by atoms with Crippen LogP contribution in [0.2, 0.25) is 0 Å². The molecule has 432 valence electrons. The Kier molecular flexibility index (Phi) is 54.1. The average molecular weight is 1060 g/mol. The second kappa shape index (κ2) is 55.7. The van der Waals surface area contributed by atoms with Gasteiger partial charge in [0.05, 0.1) is 39.9 Å². The first kappa shape index (κ1) is 71.9. The Balaban J connectivity index is 4.12. The van der Waals surface area contributed by atoms with E-state index in [2.05, 4.69) is 92.1 Å². The Morgan fingerprint density at radius 1 is 0.486 bits per heavy atom. The molecule has 0 aliphatic rings. The maximum absolute atomic E-state index is 13.0. The zero-order valence-electron chi connectivity index (χ0n) is 49.3. The molecule has 0 aliphatic carbocycles. The molecule has 0 aromatic rings. The molecule has 0 bridgehead atoms. The molecule has 0 saturated carbocycles. The van der Waals surface area contributed by atoms with Crippen molar-refractivity contribution in [3.8, 4) is 0 Å². The number of carbonyl (C=O) groups is 1. The number of rotatable bonds is 57. The molecule has 0 aliphatic heterocycles. The molecule has 0 spiro atoms. The highest BCUT2D eigenvalue weighted by Crippen LogP contribution is 2.38. The van der Waals surface area contributed by atoms with Crippen LogP contribution in [0, 0.1) is 0 Å². The van der Waals surface area contributed by atoms with Crippen molar-refractivity contribution in [2.75, 3.05) is 40.9 Å². The van der Waals surface area contributed by atoms with Crippen LogP contribution in [-0.4, -0.2) is 68.5 Å². The maximum atomic E-state index is 13.0. The summed E-state index contributed by atoms with van der Waals surface area (Å²) in [4.78, 5) is 25.6. The van der Waals surface area contributed by atoms with Crippen LogP contribution in [0.15, 0.2) is 72.9 Å². The highest BCUT2D eigenvalue weighted by molar-refractivity contribution is 7.45. The van der Waals surface area contributed by atoms with Gasteiger partial charge >= 0.3 is 0 Å². The number of nitrogens with one attached hydrogen (secondary N) is 1. The Hall–Kier alpha value is -2.06. The third kappa shape index (κ3) is 57.6. The van der Waals surface area contributed by atoms with Gasteiger partial charge in [-0.2, -0.15) is 0 Å². The number of likely N-dealkylation sites (N-methyl/N-ethyl adjacent to an activating group) is 1. The van der Waals surface area contributed by atoms with Gasteiger partial charge in [0.15, 0.2) is 0 Å². The number of phosphoric ester groups is 1. The predicted molar refractivity (Wildman–Crippen MR) is 320 cm³/mol. The Labute approximate surface area is 459 Å². The fourth-order valence-electron chi connectivity index (χ4n) is 9.10. The lowest BCUT2D eigenvalue weighted by Crippen LogP contribution is -2.46. The number of allylic oxidation sites excluding steroid dienone is 12. The van der Waals surface area contributed by atoms with E-state index in [0.29, 0.717) is 23.9 Å². The second-order valence-electron chi connectivity index (χ2n) is 22.4. The van der Waals surface area contributed by atoms with Crippen molar-refractivity contribution >= 4 is 13.7 Å². The minimum Gasteiger partial charge on any atom is -0.756 e. The van der Waals surface area contributed by atoms with Crippen LogP contribution in [0.4, 0.5) is 0 Å². The third-order valence-corrected chi connectivity index (χ3v) is 14.9. The van der Waals surface area contributed by atoms with Crippen molar-refractivity contribution < 1.29 is 32.9 Å². The summed E-state index contributed by atoms with van der Waals surface area (Å²) in [6.07, 6.45) is 76.5. The van der Waals surface area contributed by atoms with Crippen LogP contribution >= 0.6 is 7.82 Å². The van der Waals surface area contributed by atoms with Crippen molar-refractivity contribution in [3.05, 3.63) is 72.9 Å². The van der Waals surface area contributed by atoms with Gasteiger partial charge < -0.3 is 28.8 Å². The molecule has 0 saturated heterocycles. The van der Waals surface area contributed by atoms with Crippen LogP contribution in [0.5, 0.6) is 0 Å². The highest BCUT2D eigenvalue weighted by atomic mass is 31.2. The minimum atomic E-state index is -4.58. The van der Waals surface area contributed by atoms with Gasteiger partial charge in [-0.25, -0.2) is 0 Å². The molecule has 0 radical (unpaired) electrons. The van der Waals surface area contributed by atoms with Crippen molar-refractivity contribution in [1.82, 2.24) is 5.32 Å². The van der Waals surface area contributed by atoms with E-state index in [-0.39, 0.29) is 19.1 Å². The van der Waals surface area contributed by atoms with Crippen LogP contribution in [-0.2, 0) is 18.4 Å². The minimum absolute atomic E-state index is 0.0101. The van der Waals surface area contributed by atoms with Gasteiger partial charge in [0.2, 0.25) is 5.91 Å². The summed E-state index contributed by atoms with van der Waals surface area (Å²) in [6.45, 7) is 4.63. The van der Waals surface area contributed by atoms with Gasteiger partial charge in [-0.3, -0.25) is 9.36 Å². The molecule has 0 heterocycles. The van der Waals surface area contributed by atoms with Gasteiger partial charge in [-0.1, -0.05) is 286 Å². The molecule has 0 aromatic heterocycles. The fraction of sp³-hybridized carbons (Fsp3) is 0.800. The Bertz CT molecular complexity index is 1430. The van der Waals surface area contributed by atoms with Gasteiger partial charge in [0, 0.05) is 6.42 Å². The largest absolute Gasteiger partial charge is 0.756 e. The van der Waals surface area contributed by atoms with Crippen LogP contribution in [0.25, 0.3) is 0 Å². The van der Waals surface area contributed by atoms with E-state index >= 15 is 0 Å². The summed E-state index contributed by atoms with van der Waals surface area (Å²) in [5, 5.41) is 14.1. The molecule has 0 fully saturated rings. The lowest BCUT2D eigenvalue weighted by molar-refractivity contribution is -0.870. The normalized spacial score (nSPS) is 14.3. The van der Waals surface area contributed by atoms with Gasteiger partial charge in [-0.05, 0) is 64.2 Å². The summed E-state index contributed by atoms with van der Waals surface area (Å²) < 4.78 is 23.5. The van der Waals surface area contributed by atoms with Crippen LogP contribution in [0.3, 0.4) is 0 Å². The first-order chi connectivity index (χ1) is 36.0. The number of amides is 1. The first-order valence-corrected chi connectivity index (χ1v) is 32.7. The first-order valence-electron chi connectivity index (χ1n) is 31.3. The molecular weight excluding hydrogens is 936 g/mol. The summed E-state index contributed by atoms with van der Waals surface area (Å²) in [6, 6.07) is -0.806. The number of carbonyl (C=O) groups excluding carboxylic acids is 1. The maximum Gasteiger partial charge on any atom is 0.268 e. The van der Waals surface area contributed by atoms with Gasteiger partial charge in [-0.15, -0.1) is 0 Å². The van der Waals surface area contributed by atoms with Gasteiger partial charge in [0.1, 0.15) is 13.2 Å². The fourth-order valence-corrected chi connectivity index (χ4v) is 9.83. The van der Waals surface area contributed by atoms with E-state index < -0.39 is 20.0 Å². The standard InChI is InChI=1S/C65H121N2O6P/c1-6-8-10-12-14-16-18-20-22-24-26-28-29-30-31-32-33-34-35-36-37-39-41-43-45-47-49-51-53-55-57-59-65(69)66-63(62-73-74(70,71)72-61-60-67(3,4)5)64(68)58-56-54-52-50-48-46-44-42-40-38-27-25-23-21-19-17-15-13-11-9-7-2/h8,10,14,16,20,22,26,28,30-31,33-34,63-64,68H,6-7,9,11-13,15,17-19,21,23-25,27,29,32,35-62H2,1-5H3,(H-,66,69,70,71)/b10-8-,16-14-,22-20-,28-26-,31-30-,34-33-. The number of aliphatic hydroxyl groups excluding tert-OH is 1. The quantitative estimate of drug-likeness (QED) is 0.0272. The lowest BCUT2D eigenvalue weighted by atomic mass is 10.0. The van der Waals surface area contributed by atoms with Crippen molar-refractivity contribution in [2.24, 2.45) is 0 Å². The number of hydrogen-bond acceptors (Lipinski definition) is 6. The van der Waals surface area contributed by atoms with Crippen LogP contribution in [0.1, 0.15) is 284 Å². The van der Waals surface area contributed by atoms with E-state index in [1.807, 2.05) is 21.1 Å². The summed E-state index contributed by atoms with van der Waals surface area (Å²) >= 11 is 0. The molecule has 1 amide bonds. The number of hydrogen-bond donors (Lipinski definition) is 2. The molecule has 2 N–H and O–H groups in total. The lowest BCUT2D eigenvalue weighted by Gasteiger charge is -2.30. The number of quaternary nitrogens is 1. The smallest absolute Gasteiger partial charge is 0.268 e. The third-order valence-electron chi connectivity index (χ3n) is 14.0. The van der Waals surface area contributed by atoms with E-state index in [0.717, 1.165) is 77.0 Å². The Morgan fingerprint density at radius 2 is 0.824 bits per heavy atom. The molecule has 0 aromatic carbocycles. The average Bonchev–Trinajstić information content (AvgIpc) is 3.36. The SMILES string of the molecule is CC/C=C\C/C=C\C/C=C\C/C=C\C/C=C\C/C=C\CCCCCCCCCCCCCCC(=O)NC(COP(=O)([O-])OCC[N+](C)(C)C)C(O)CCCCCCCCCCCCCCCCCCCCCCC. The summed E-state index contributed by atoms with van der Waals surface area (Å²) in [5.41, 5.74) is 0. The van der Waals surface area contributed by atoms with Crippen molar-refractivity contribution in [1.29, 1.82) is 0 Å². The molecule has 3 atom stereocenters. The van der Waals surface area contributed by atoms with Crippen molar-refractivity contribution in [3.63, 3.8) is 0 Å². The molecule has 74 heavy (non-hydrogen) atoms. The highest BCUT2D eigenvalue weighted by Gasteiger charge is 2.24. The van der Waals surface area contributed by atoms with Crippen molar-refractivity contribution in [2.45, 2.75) is 296 Å². The summed E-state index contributed by atoms with van der Waals surface area (Å²) in [5.74, 6) is -0.166. The van der Waals surface area contributed by atoms with E-state index in [4.69, 9.17) is 9.05 Å². The molecule has 3 unspecified atom stereocenters. The molecule has 9 heteroatoms. The second-order valence-corrected chi connectivity index (χ2v) is 23.8. The summed E-state index contributed by atoms with van der Waals surface area (Å²) in [7, 11) is 1.30. The van der Waals surface area contributed by atoms with Crippen LogP contribution < -0.4 is 10.2 Å². The van der Waals surface area contributed by atoms with E-state index in [1.165, 1.54) is 180 Å². The molecular formula is C65H121N2O6P. The zero-order valence-corrected chi connectivity index (χ0v) is 50.2. The molecule has 8 nitrogen and oxygen atoms in total. The predicted octanol–water partition coefficient (Wildman–Crippen LogP) is 18.8.